The first-order chi connectivity index (χ1) is 12.5. The summed E-state index contributed by atoms with van der Waals surface area (Å²) in [5, 5.41) is 2.97. The maximum atomic E-state index is 12.4. The lowest BCUT2D eigenvalue weighted by Gasteiger charge is -2.31. The van der Waals surface area contributed by atoms with Gasteiger partial charge in [-0.15, -0.1) is 0 Å². The monoisotopic (exact) mass is 363 g/mol. The first kappa shape index (κ1) is 20.7. The van der Waals surface area contributed by atoms with Crippen LogP contribution in [-0.2, 0) is 27.1 Å². The molecule has 0 saturated heterocycles. The van der Waals surface area contributed by atoms with E-state index in [2.05, 4.69) is 25.2 Å². The minimum atomic E-state index is -0.00206. The van der Waals surface area contributed by atoms with Gasteiger partial charge in [-0.1, -0.05) is 6.92 Å². The number of rotatable bonds is 9. The summed E-state index contributed by atoms with van der Waals surface area (Å²) in [5.74, 6) is 1.42. The van der Waals surface area contributed by atoms with Gasteiger partial charge in [-0.25, -0.2) is 0 Å². The number of hydrogen-bond acceptors (Lipinski definition) is 4. The largest absolute Gasteiger partial charge is 0.491 e. The van der Waals surface area contributed by atoms with E-state index in [1.807, 2.05) is 6.92 Å². The van der Waals surface area contributed by atoms with E-state index in [9.17, 15) is 4.79 Å². The molecule has 0 spiro atoms. The summed E-state index contributed by atoms with van der Waals surface area (Å²) in [6.07, 6.45) is 3.01. The fourth-order valence-electron chi connectivity index (χ4n) is 3.79. The van der Waals surface area contributed by atoms with Gasteiger partial charge in [0.1, 0.15) is 12.4 Å². The van der Waals surface area contributed by atoms with Crippen molar-refractivity contribution in [2.24, 2.45) is 11.8 Å². The van der Waals surface area contributed by atoms with Crippen molar-refractivity contribution >= 4 is 5.91 Å². The molecule has 1 aliphatic rings. The Morgan fingerprint density at radius 2 is 1.92 bits per heavy atom. The third-order valence-corrected chi connectivity index (χ3v) is 5.51. The normalized spacial score (nSPS) is 17.5. The van der Waals surface area contributed by atoms with Crippen molar-refractivity contribution in [1.82, 2.24) is 5.32 Å². The van der Waals surface area contributed by atoms with Crippen molar-refractivity contribution in [1.29, 1.82) is 0 Å². The van der Waals surface area contributed by atoms with Crippen molar-refractivity contribution < 1.29 is 19.0 Å². The van der Waals surface area contributed by atoms with Gasteiger partial charge in [-0.2, -0.15) is 0 Å². The van der Waals surface area contributed by atoms with Crippen LogP contribution >= 0.6 is 0 Å². The van der Waals surface area contributed by atoms with E-state index in [-0.39, 0.29) is 11.8 Å². The lowest BCUT2D eigenvalue weighted by molar-refractivity contribution is -0.126. The fourth-order valence-corrected chi connectivity index (χ4v) is 3.79. The molecule has 0 heterocycles. The van der Waals surface area contributed by atoms with Crippen LogP contribution in [0.15, 0.2) is 6.07 Å². The Kier molecular flexibility index (Phi) is 7.91. The average Bonchev–Trinajstić information content (AvgIpc) is 2.65. The highest BCUT2D eigenvalue weighted by atomic mass is 16.5. The molecule has 26 heavy (non-hydrogen) atoms. The number of hydrogen-bond donors (Lipinski definition) is 1. The highest BCUT2D eigenvalue weighted by molar-refractivity contribution is 5.78. The summed E-state index contributed by atoms with van der Waals surface area (Å²) in [5.41, 5.74) is 5.29. The third kappa shape index (κ3) is 4.98. The molecule has 2 rings (SSSR count). The van der Waals surface area contributed by atoms with E-state index < -0.39 is 0 Å². The van der Waals surface area contributed by atoms with Crippen molar-refractivity contribution in [2.45, 2.75) is 40.0 Å². The zero-order valence-corrected chi connectivity index (χ0v) is 16.8. The number of nitrogens with one attached hydrogen (secondary N) is 1. The number of ether oxygens (including phenoxy) is 3. The molecule has 0 radical (unpaired) electrons. The molecular formula is C21H33NO4. The van der Waals surface area contributed by atoms with Crippen LogP contribution in [-0.4, -0.2) is 46.5 Å². The Morgan fingerprint density at radius 3 is 2.62 bits per heavy atom. The lowest BCUT2D eigenvalue weighted by atomic mass is 9.74. The number of amides is 1. The second-order valence-corrected chi connectivity index (χ2v) is 7.19. The Morgan fingerprint density at radius 1 is 1.19 bits per heavy atom. The first-order valence-corrected chi connectivity index (χ1v) is 9.49. The van der Waals surface area contributed by atoms with Crippen LogP contribution in [0.5, 0.6) is 5.75 Å². The van der Waals surface area contributed by atoms with Crippen molar-refractivity contribution in [2.75, 3.05) is 40.6 Å². The summed E-state index contributed by atoms with van der Waals surface area (Å²) >= 11 is 0. The zero-order chi connectivity index (χ0) is 19.1. The Labute approximate surface area is 157 Å². The first-order valence-electron chi connectivity index (χ1n) is 9.49. The molecule has 0 fully saturated rings. The number of carbonyl (C=O) groups excluding carboxylic acids is 1. The van der Waals surface area contributed by atoms with Crippen LogP contribution in [0.4, 0.5) is 0 Å². The summed E-state index contributed by atoms with van der Waals surface area (Å²) in [7, 11) is 3.32. The molecular weight excluding hydrogens is 330 g/mol. The maximum absolute atomic E-state index is 12.4. The van der Waals surface area contributed by atoms with E-state index >= 15 is 0 Å². The molecule has 1 aromatic carbocycles. The maximum Gasteiger partial charge on any atom is 0.223 e. The van der Waals surface area contributed by atoms with Crippen LogP contribution in [0.2, 0.25) is 0 Å². The van der Waals surface area contributed by atoms with Crippen molar-refractivity contribution in [3.8, 4) is 5.75 Å². The molecule has 1 aromatic rings. The molecule has 146 valence electrons. The number of fused-ring (bicyclic) bond motifs is 1. The molecule has 5 nitrogen and oxygen atoms in total. The predicted octanol–water partition coefficient (Wildman–Crippen LogP) is 2.83. The summed E-state index contributed by atoms with van der Waals surface area (Å²) in [6.45, 7) is 8.58. The minimum Gasteiger partial charge on any atom is -0.491 e. The quantitative estimate of drug-likeness (QED) is 0.686. The molecule has 1 N–H and O–H groups in total. The molecule has 0 unspecified atom stereocenters. The van der Waals surface area contributed by atoms with Crippen molar-refractivity contribution in [3.63, 3.8) is 0 Å². The van der Waals surface area contributed by atoms with E-state index in [1.165, 1.54) is 22.3 Å². The van der Waals surface area contributed by atoms with Crippen LogP contribution in [0, 0.1) is 25.7 Å². The van der Waals surface area contributed by atoms with E-state index in [0.717, 1.165) is 25.0 Å². The number of benzene rings is 1. The molecule has 0 aliphatic heterocycles. The van der Waals surface area contributed by atoms with Gasteiger partial charge in [0.05, 0.1) is 13.2 Å². The van der Waals surface area contributed by atoms with E-state index in [0.29, 0.717) is 32.3 Å². The van der Waals surface area contributed by atoms with Crippen LogP contribution < -0.4 is 10.1 Å². The van der Waals surface area contributed by atoms with Gasteiger partial charge < -0.3 is 19.5 Å². The van der Waals surface area contributed by atoms with Gasteiger partial charge in [0, 0.05) is 26.7 Å². The molecule has 5 heteroatoms. The number of methoxy groups -OCH3 is 2. The average molecular weight is 363 g/mol. The number of aryl methyl sites for hydroxylation is 1. The summed E-state index contributed by atoms with van der Waals surface area (Å²) < 4.78 is 16.0. The Bertz CT molecular complexity index is 615. The second-order valence-electron chi connectivity index (χ2n) is 7.19. The smallest absolute Gasteiger partial charge is 0.223 e. The standard InChI is InChI=1S/C21H33NO4/c1-14-12-20(26-11-10-25-5)16(3)19-13-17(6-7-18(14)19)15(2)21(23)22-8-9-24-4/h12,15,17H,6-11,13H2,1-5H3,(H,22,23)/t15-,17+/m0/s1. The van der Waals surface area contributed by atoms with Gasteiger partial charge in [0.25, 0.3) is 0 Å². The van der Waals surface area contributed by atoms with Gasteiger partial charge in [0.15, 0.2) is 0 Å². The van der Waals surface area contributed by atoms with E-state index in [1.54, 1.807) is 14.2 Å². The lowest BCUT2D eigenvalue weighted by Crippen LogP contribution is -2.37. The van der Waals surface area contributed by atoms with Gasteiger partial charge in [-0.05, 0) is 67.3 Å². The zero-order valence-electron chi connectivity index (χ0n) is 16.8. The third-order valence-electron chi connectivity index (χ3n) is 5.51. The topological polar surface area (TPSA) is 56.8 Å². The molecule has 0 saturated carbocycles. The molecule has 0 aromatic heterocycles. The molecule has 0 bridgehead atoms. The summed E-state index contributed by atoms with van der Waals surface area (Å²) in [4.78, 5) is 12.4. The Balaban J connectivity index is 2.11. The highest BCUT2D eigenvalue weighted by Crippen LogP contribution is 2.37. The van der Waals surface area contributed by atoms with E-state index in [4.69, 9.17) is 14.2 Å². The molecule has 2 atom stereocenters. The predicted molar refractivity (Wildman–Crippen MR) is 103 cm³/mol. The van der Waals surface area contributed by atoms with Gasteiger partial charge in [-0.3, -0.25) is 4.79 Å². The highest BCUT2D eigenvalue weighted by Gasteiger charge is 2.30. The van der Waals surface area contributed by atoms with Crippen LogP contribution in [0.1, 0.15) is 35.6 Å². The van der Waals surface area contributed by atoms with Crippen LogP contribution in [0.3, 0.4) is 0 Å². The molecule has 1 aliphatic carbocycles. The fraction of sp³-hybridized carbons (Fsp3) is 0.667. The number of carbonyl (C=O) groups is 1. The molecule has 1 amide bonds. The van der Waals surface area contributed by atoms with Crippen LogP contribution in [0.25, 0.3) is 0 Å². The van der Waals surface area contributed by atoms with Gasteiger partial charge >= 0.3 is 0 Å². The Hall–Kier alpha value is -1.59. The van der Waals surface area contributed by atoms with Gasteiger partial charge in [0.2, 0.25) is 5.91 Å². The second kappa shape index (κ2) is 9.93. The minimum absolute atomic E-state index is 0.00206. The SMILES string of the molecule is COCCNC(=O)[C@@H](C)[C@@H]1CCc2c(C)cc(OCCOC)c(C)c2C1. The summed E-state index contributed by atoms with van der Waals surface area (Å²) in [6, 6.07) is 2.14. The van der Waals surface area contributed by atoms with Crippen molar-refractivity contribution in [3.05, 3.63) is 28.3 Å².